The minimum atomic E-state index is -0.243. The average molecular weight is 428 g/mol. The zero-order chi connectivity index (χ0) is 22.4. The Labute approximate surface area is 190 Å². The monoisotopic (exact) mass is 427 g/mol. The second-order valence-electron chi connectivity index (χ2n) is 7.69. The molecule has 0 amide bonds. The molecule has 0 aromatic heterocycles. The van der Waals surface area contributed by atoms with Crippen molar-refractivity contribution in [2.45, 2.75) is 38.5 Å². The number of carbonyl (C=O) groups excluding carboxylic acids is 1. The highest BCUT2D eigenvalue weighted by molar-refractivity contribution is 5.89. The van der Waals surface area contributed by atoms with Crippen molar-refractivity contribution >= 4 is 5.97 Å². The Morgan fingerprint density at radius 2 is 1.25 bits per heavy atom. The summed E-state index contributed by atoms with van der Waals surface area (Å²) in [6, 6.07) is 26.9. The topological polar surface area (TPSA) is 59.3 Å². The van der Waals surface area contributed by atoms with E-state index in [-0.39, 0.29) is 5.97 Å². The van der Waals surface area contributed by atoms with Gasteiger partial charge in [-0.3, -0.25) is 0 Å². The van der Waals surface area contributed by atoms with Crippen LogP contribution in [-0.2, 0) is 4.74 Å². The van der Waals surface area contributed by atoms with Crippen molar-refractivity contribution in [1.29, 1.82) is 5.26 Å². The highest BCUT2D eigenvalue weighted by Gasteiger charge is 2.05. The van der Waals surface area contributed by atoms with E-state index < -0.39 is 0 Å². The van der Waals surface area contributed by atoms with Gasteiger partial charge in [-0.25, -0.2) is 4.79 Å². The second kappa shape index (κ2) is 13.0. The number of rotatable bonds is 12. The van der Waals surface area contributed by atoms with Crippen LogP contribution in [0.25, 0.3) is 11.1 Å². The van der Waals surface area contributed by atoms with Crippen LogP contribution in [-0.4, -0.2) is 19.2 Å². The molecule has 4 heteroatoms. The first kappa shape index (κ1) is 23.1. The van der Waals surface area contributed by atoms with Crippen molar-refractivity contribution in [2.75, 3.05) is 13.2 Å². The molecule has 4 nitrogen and oxygen atoms in total. The molecule has 0 radical (unpaired) electrons. The third-order valence-electron chi connectivity index (χ3n) is 5.25. The van der Waals surface area contributed by atoms with Gasteiger partial charge in [-0.05, 0) is 60.4 Å². The van der Waals surface area contributed by atoms with Gasteiger partial charge in [0.1, 0.15) is 5.75 Å². The molecular formula is C28H29NO3. The van der Waals surface area contributed by atoms with Crippen molar-refractivity contribution < 1.29 is 14.3 Å². The van der Waals surface area contributed by atoms with Crippen LogP contribution in [0.3, 0.4) is 0 Å². The number of unbranched alkanes of at least 4 members (excludes halogenated alkanes) is 5. The predicted octanol–water partition coefficient (Wildman–Crippen LogP) is 6.80. The van der Waals surface area contributed by atoms with E-state index >= 15 is 0 Å². The molecule has 0 aliphatic carbocycles. The summed E-state index contributed by atoms with van der Waals surface area (Å²) in [6.45, 7) is 1.19. The Morgan fingerprint density at radius 1 is 0.688 bits per heavy atom. The summed E-state index contributed by atoms with van der Waals surface area (Å²) in [5.74, 6) is 0.635. The number of ether oxygens (including phenoxy) is 2. The quantitative estimate of drug-likeness (QED) is 0.235. The van der Waals surface area contributed by atoms with E-state index in [1.165, 1.54) is 0 Å². The number of benzene rings is 3. The second-order valence-corrected chi connectivity index (χ2v) is 7.69. The molecule has 3 rings (SSSR count). The molecule has 0 aliphatic rings. The molecule has 32 heavy (non-hydrogen) atoms. The molecule has 164 valence electrons. The highest BCUT2D eigenvalue weighted by Crippen LogP contribution is 2.23. The number of hydrogen-bond acceptors (Lipinski definition) is 4. The minimum absolute atomic E-state index is 0.243. The summed E-state index contributed by atoms with van der Waals surface area (Å²) in [5.41, 5.74) is 3.47. The Bertz CT molecular complexity index is 990. The van der Waals surface area contributed by atoms with Gasteiger partial charge in [0.05, 0.1) is 30.4 Å². The van der Waals surface area contributed by atoms with Gasteiger partial charge in [-0.1, -0.05) is 68.1 Å². The van der Waals surface area contributed by atoms with Crippen LogP contribution >= 0.6 is 0 Å². The SMILES string of the molecule is N#Cc1ccc(-c2ccc(OCCCCCCCCOC(=O)c3ccccc3)cc2)cc1. The van der Waals surface area contributed by atoms with Gasteiger partial charge in [0.15, 0.2) is 0 Å². The smallest absolute Gasteiger partial charge is 0.338 e. The van der Waals surface area contributed by atoms with Gasteiger partial charge in [0.2, 0.25) is 0 Å². The molecule has 0 spiro atoms. The van der Waals surface area contributed by atoms with Gasteiger partial charge >= 0.3 is 5.97 Å². The normalized spacial score (nSPS) is 10.3. The first-order valence-electron chi connectivity index (χ1n) is 11.2. The maximum absolute atomic E-state index is 11.8. The largest absolute Gasteiger partial charge is 0.494 e. The van der Waals surface area contributed by atoms with Gasteiger partial charge in [-0.2, -0.15) is 5.26 Å². The van der Waals surface area contributed by atoms with Crippen molar-refractivity contribution in [3.05, 3.63) is 90.0 Å². The first-order valence-corrected chi connectivity index (χ1v) is 11.2. The summed E-state index contributed by atoms with van der Waals surface area (Å²) >= 11 is 0. The molecule has 0 aliphatic heterocycles. The lowest BCUT2D eigenvalue weighted by Crippen LogP contribution is -2.06. The summed E-state index contributed by atoms with van der Waals surface area (Å²) in [5, 5.41) is 8.89. The number of carbonyl (C=O) groups is 1. The summed E-state index contributed by atoms with van der Waals surface area (Å²) in [4.78, 5) is 11.8. The van der Waals surface area contributed by atoms with Crippen LogP contribution < -0.4 is 4.74 Å². The molecule has 3 aromatic carbocycles. The van der Waals surface area contributed by atoms with Crippen molar-refractivity contribution in [3.63, 3.8) is 0 Å². The van der Waals surface area contributed by atoms with Crippen molar-refractivity contribution in [1.82, 2.24) is 0 Å². The number of nitriles is 1. The van der Waals surface area contributed by atoms with Crippen molar-refractivity contribution in [2.24, 2.45) is 0 Å². The summed E-state index contributed by atoms with van der Waals surface area (Å²) < 4.78 is 11.1. The van der Waals surface area contributed by atoms with Crippen LogP contribution in [0.1, 0.15) is 54.4 Å². The maximum atomic E-state index is 11.8. The van der Waals surface area contributed by atoms with E-state index in [0.29, 0.717) is 24.3 Å². The van der Waals surface area contributed by atoms with Crippen LogP contribution in [0, 0.1) is 11.3 Å². The minimum Gasteiger partial charge on any atom is -0.494 e. The Balaban J connectivity index is 1.21. The molecular weight excluding hydrogens is 398 g/mol. The van der Waals surface area contributed by atoms with Gasteiger partial charge in [0, 0.05) is 0 Å². The lowest BCUT2D eigenvalue weighted by Gasteiger charge is -2.08. The molecule has 3 aromatic rings. The van der Waals surface area contributed by atoms with Crippen LogP contribution in [0.5, 0.6) is 5.75 Å². The van der Waals surface area contributed by atoms with E-state index in [9.17, 15) is 4.79 Å². The Kier molecular flexibility index (Phi) is 9.36. The van der Waals surface area contributed by atoms with Gasteiger partial charge in [-0.15, -0.1) is 0 Å². The lowest BCUT2D eigenvalue weighted by molar-refractivity contribution is 0.0497. The summed E-state index contributed by atoms with van der Waals surface area (Å²) in [6.07, 6.45) is 6.43. The fourth-order valence-corrected chi connectivity index (χ4v) is 3.40. The molecule has 0 bridgehead atoms. The van der Waals surface area contributed by atoms with Crippen LogP contribution in [0.15, 0.2) is 78.9 Å². The fraction of sp³-hybridized carbons (Fsp3) is 0.286. The Hall–Kier alpha value is -3.58. The predicted molar refractivity (Wildman–Crippen MR) is 127 cm³/mol. The van der Waals surface area contributed by atoms with E-state index in [4.69, 9.17) is 14.7 Å². The molecule has 0 N–H and O–H groups in total. The van der Waals surface area contributed by atoms with Crippen LogP contribution in [0.2, 0.25) is 0 Å². The van der Waals surface area contributed by atoms with Crippen LogP contribution in [0.4, 0.5) is 0 Å². The first-order chi connectivity index (χ1) is 15.8. The molecule has 0 fully saturated rings. The zero-order valence-corrected chi connectivity index (χ0v) is 18.3. The molecule has 0 unspecified atom stereocenters. The highest BCUT2D eigenvalue weighted by atomic mass is 16.5. The van der Waals surface area contributed by atoms with Gasteiger partial charge in [0.25, 0.3) is 0 Å². The van der Waals surface area contributed by atoms with E-state index in [1.807, 2.05) is 66.7 Å². The molecule has 0 heterocycles. The molecule has 0 saturated heterocycles. The average Bonchev–Trinajstić information content (AvgIpc) is 2.86. The number of nitrogens with zero attached hydrogens (tertiary/aromatic N) is 1. The third kappa shape index (κ3) is 7.59. The van der Waals surface area contributed by atoms with Gasteiger partial charge < -0.3 is 9.47 Å². The number of esters is 1. The van der Waals surface area contributed by atoms with E-state index in [2.05, 4.69) is 6.07 Å². The summed E-state index contributed by atoms with van der Waals surface area (Å²) in [7, 11) is 0. The zero-order valence-electron chi connectivity index (χ0n) is 18.3. The standard InChI is InChI=1S/C28H29NO3/c29-22-23-12-14-24(15-13-23)25-16-18-27(19-17-25)31-20-8-3-1-2-4-9-21-32-28(30)26-10-6-5-7-11-26/h5-7,10-19H,1-4,8-9,20-21H2. The maximum Gasteiger partial charge on any atom is 0.338 e. The third-order valence-corrected chi connectivity index (χ3v) is 5.25. The lowest BCUT2D eigenvalue weighted by atomic mass is 10.0. The van der Waals surface area contributed by atoms with Crippen molar-refractivity contribution in [3.8, 4) is 22.9 Å². The fourth-order valence-electron chi connectivity index (χ4n) is 3.40. The Morgan fingerprint density at radius 3 is 1.88 bits per heavy atom. The number of hydrogen-bond donors (Lipinski definition) is 0. The van der Waals surface area contributed by atoms with E-state index in [0.717, 1.165) is 55.4 Å². The molecule has 0 atom stereocenters. The molecule has 0 saturated carbocycles. The van der Waals surface area contributed by atoms with E-state index in [1.54, 1.807) is 12.1 Å².